The van der Waals surface area contributed by atoms with Crippen LogP contribution in [-0.2, 0) is 25.5 Å². The van der Waals surface area contributed by atoms with Crippen molar-refractivity contribution in [2.45, 2.75) is 135 Å². The molecule has 8 rings (SSSR count). The minimum Gasteiger partial charge on any atom is -0.482 e. The highest BCUT2D eigenvalue weighted by atomic mass is 16.7. The van der Waals surface area contributed by atoms with E-state index in [4.69, 9.17) is 39.9 Å². The molecule has 0 aromatic heterocycles. The molecule has 2 bridgehead atoms. The summed E-state index contributed by atoms with van der Waals surface area (Å²) in [6.45, 7) is 18.2. The molecule has 8 unspecified atom stereocenters. The molecule has 3 aliphatic carbocycles. The molecule has 2 aromatic carbocycles. The summed E-state index contributed by atoms with van der Waals surface area (Å²) in [5, 5.41) is 67.9. The summed E-state index contributed by atoms with van der Waals surface area (Å²) in [5.41, 5.74) is 9.49. The van der Waals surface area contributed by atoms with Crippen LogP contribution in [0.3, 0.4) is 0 Å². The van der Waals surface area contributed by atoms with E-state index in [1.165, 1.54) is 44.4 Å². The van der Waals surface area contributed by atoms with E-state index >= 15 is 9.59 Å². The summed E-state index contributed by atoms with van der Waals surface area (Å²) in [4.78, 5) is 59.5. The average Bonchev–Trinajstić information content (AvgIpc) is 3.36. The van der Waals surface area contributed by atoms with Crippen LogP contribution < -0.4 is 30.4 Å². The number of ether oxygens (including phenoxy) is 6. The lowest BCUT2D eigenvalue weighted by Crippen LogP contribution is -2.82. The molecular weight excluding hydrogens is 971 g/mol. The first-order chi connectivity index (χ1) is 35.3. The van der Waals surface area contributed by atoms with Crippen LogP contribution in [0.4, 0.5) is 0 Å². The third-order valence-electron chi connectivity index (χ3n) is 15.5. The predicted molar refractivity (Wildman–Crippen MR) is 274 cm³/mol. The van der Waals surface area contributed by atoms with Crippen LogP contribution in [0.25, 0.3) is 6.08 Å². The van der Waals surface area contributed by atoms with E-state index in [1.54, 1.807) is 6.08 Å². The van der Waals surface area contributed by atoms with Gasteiger partial charge in [-0.05, 0) is 115 Å². The molecule has 4 fully saturated rings. The first-order valence-corrected chi connectivity index (χ1v) is 25.1. The molecule has 3 aliphatic heterocycles. The van der Waals surface area contributed by atoms with Crippen LogP contribution in [0.1, 0.15) is 113 Å². The number of ketones is 2. The molecule has 10 N–H and O–H groups in total. The van der Waals surface area contributed by atoms with E-state index in [-0.39, 0.29) is 69.7 Å². The number of carbonyl (C=O) groups excluding carboxylic acids is 4. The van der Waals surface area contributed by atoms with Crippen molar-refractivity contribution in [1.82, 2.24) is 0 Å². The Hall–Kier alpha value is -6.35. The molecule has 1 saturated heterocycles. The summed E-state index contributed by atoms with van der Waals surface area (Å²) < 4.78 is 37.2. The Morgan fingerprint density at radius 2 is 1.63 bits per heavy atom. The van der Waals surface area contributed by atoms with Gasteiger partial charge < -0.3 is 70.6 Å². The summed E-state index contributed by atoms with van der Waals surface area (Å²) >= 11 is 0. The number of hydrogen-bond donors (Lipinski definition) is 8. The summed E-state index contributed by atoms with van der Waals surface area (Å²) in [7, 11) is 1.20. The second kappa shape index (κ2) is 21.7. The maximum absolute atomic E-state index is 16.6. The number of allylic oxidation sites excluding steroid dienone is 4. The van der Waals surface area contributed by atoms with E-state index < -0.39 is 119 Å². The number of nitrogens with zero attached hydrogens (tertiary/aromatic N) is 1. The van der Waals surface area contributed by atoms with Gasteiger partial charge in [0, 0.05) is 35.1 Å². The number of methoxy groups -OCH3 is 1. The van der Waals surface area contributed by atoms with Crippen molar-refractivity contribution >= 4 is 35.4 Å². The molecule has 406 valence electrons. The number of aliphatic hydroxyl groups excluding tert-OH is 4. The number of amidine groups is 1. The lowest BCUT2D eigenvalue weighted by atomic mass is 9.40. The highest BCUT2D eigenvalue weighted by molar-refractivity contribution is 6.11. The highest BCUT2D eigenvalue weighted by Crippen LogP contribution is 2.67. The van der Waals surface area contributed by atoms with Crippen molar-refractivity contribution in [1.29, 1.82) is 0 Å². The van der Waals surface area contributed by atoms with Crippen LogP contribution in [0.2, 0.25) is 0 Å². The Morgan fingerprint density at radius 3 is 2.21 bits per heavy atom. The smallest absolute Gasteiger partial charge is 0.343 e. The van der Waals surface area contributed by atoms with Gasteiger partial charge in [0.15, 0.2) is 28.5 Å². The SMILES string of the molecule is C=C(N)C(/C(N)=N\O)C1C2CC(C(C)C)C3(Oc4c(CC=C(C)C)c5c(c(OC(=O)c6ccc(O[C@@H]7O[C@H](CO)[C@@H](O)[C@H](O)[C@H]7O)cc6)c4C(=O)C13)C=CC(C)(CCC=C(C)C)O5)C(O)(C/C=C(/C)C(=O)OC)C2=O. The standard InChI is InChI=1S/C56H71N3O16/c1-26(2)12-11-21-54(9)22-20-34-46(74-54)33(18-13-27(3)4)48-40(47(34)73-52(67)31-14-16-32(17-15-31)71-53-45(64)44(63)42(61)37(25-60)72-53)43(62)41-39(38(30(8)57)50(58)59-69)35-24-36(28(5)6)56(41,75-48)55(68,49(35)65)23-19-29(7)51(66)70-10/h12-17,19-20,22,28,35-39,41-42,44-45,53,60-61,63-64,68-69H,8,11,18,21,23-25,57H2,1-7,9-10H3,(H2,58,59)/b29-19-/t35?,36?,37-,38?,39?,41?,42-,44+,45-,53-,54?,55?,56?/m1/s1. The fourth-order valence-corrected chi connectivity index (χ4v) is 11.7. The van der Waals surface area contributed by atoms with Crippen LogP contribution in [-0.4, -0.2) is 121 Å². The molecule has 75 heavy (non-hydrogen) atoms. The van der Waals surface area contributed by atoms with Gasteiger partial charge in [0.05, 0.1) is 36.7 Å². The maximum atomic E-state index is 16.6. The van der Waals surface area contributed by atoms with Crippen molar-refractivity contribution in [3.8, 4) is 23.0 Å². The van der Waals surface area contributed by atoms with Crippen molar-refractivity contribution in [3.05, 3.63) is 99.8 Å². The number of benzene rings is 2. The number of esters is 2. The molecule has 1 spiro atoms. The van der Waals surface area contributed by atoms with Crippen molar-refractivity contribution in [3.63, 3.8) is 0 Å². The lowest BCUT2D eigenvalue weighted by Gasteiger charge is -2.67. The quantitative estimate of drug-likeness (QED) is 0.0151. The molecular formula is C56H71N3O16. The zero-order chi connectivity index (χ0) is 55.2. The maximum Gasteiger partial charge on any atom is 0.343 e. The van der Waals surface area contributed by atoms with Crippen LogP contribution in [0.5, 0.6) is 23.0 Å². The third-order valence-corrected chi connectivity index (χ3v) is 15.5. The zero-order valence-electron chi connectivity index (χ0n) is 43.9. The van der Waals surface area contributed by atoms with Gasteiger partial charge in [-0.15, -0.1) is 0 Å². The Kier molecular flexibility index (Phi) is 16.3. The van der Waals surface area contributed by atoms with Crippen molar-refractivity contribution in [2.75, 3.05) is 13.7 Å². The van der Waals surface area contributed by atoms with Gasteiger partial charge in [-0.25, -0.2) is 9.59 Å². The first-order valence-electron chi connectivity index (χ1n) is 25.1. The molecule has 19 heteroatoms. The fraction of sp³-hybridized carbons (Fsp3) is 0.518. The number of oxime groups is 1. The monoisotopic (exact) mass is 1040 g/mol. The lowest BCUT2D eigenvalue weighted by molar-refractivity contribution is -0.277. The summed E-state index contributed by atoms with van der Waals surface area (Å²) in [5.74, 6) is -10.1. The Morgan fingerprint density at radius 1 is 0.960 bits per heavy atom. The van der Waals surface area contributed by atoms with Crippen molar-refractivity contribution < 1.29 is 78.3 Å². The predicted octanol–water partition coefficient (Wildman–Crippen LogP) is 5.00. The van der Waals surface area contributed by atoms with Crippen molar-refractivity contribution in [2.24, 2.45) is 52.1 Å². The normalized spacial score (nSPS) is 31.2. The van der Waals surface area contributed by atoms with E-state index in [0.717, 1.165) is 11.1 Å². The second-order valence-corrected chi connectivity index (χ2v) is 21.4. The fourth-order valence-electron chi connectivity index (χ4n) is 11.7. The van der Waals surface area contributed by atoms with Crippen LogP contribution in [0.15, 0.2) is 82.7 Å². The van der Waals surface area contributed by atoms with E-state index in [1.807, 2.05) is 60.6 Å². The Bertz CT molecular complexity index is 2750. The van der Waals surface area contributed by atoms with E-state index in [9.17, 15) is 40.3 Å². The summed E-state index contributed by atoms with van der Waals surface area (Å²) in [6.07, 6.45) is 1.95. The molecule has 3 saturated carbocycles. The highest BCUT2D eigenvalue weighted by Gasteiger charge is 2.79. The van der Waals surface area contributed by atoms with Gasteiger partial charge in [0.2, 0.25) is 6.29 Å². The van der Waals surface area contributed by atoms with Crippen LogP contribution >= 0.6 is 0 Å². The zero-order valence-corrected chi connectivity index (χ0v) is 43.9. The average molecular weight is 1040 g/mol. The molecule has 0 amide bonds. The molecule has 0 radical (unpaired) electrons. The van der Waals surface area contributed by atoms with E-state index in [0.29, 0.717) is 18.4 Å². The minimum atomic E-state index is -2.53. The van der Waals surface area contributed by atoms with Gasteiger partial charge in [0.1, 0.15) is 58.7 Å². The minimum absolute atomic E-state index is 0.0474. The molecule has 2 aromatic rings. The number of nitrogens with two attached hydrogens (primary N) is 2. The number of rotatable bonds is 17. The molecule has 19 nitrogen and oxygen atoms in total. The number of carbonyl (C=O) groups is 4. The van der Waals surface area contributed by atoms with E-state index in [2.05, 4.69) is 17.8 Å². The molecule has 6 aliphatic rings. The Balaban J connectivity index is 1.48. The topological polar surface area (TPSA) is 309 Å². The second-order valence-electron chi connectivity index (χ2n) is 21.4. The van der Waals surface area contributed by atoms with Gasteiger partial charge in [-0.2, -0.15) is 0 Å². The van der Waals surface area contributed by atoms with Gasteiger partial charge in [-0.3, -0.25) is 9.59 Å². The number of hydrogen-bond acceptors (Lipinski definition) is 18. The summed E-state index contributed by atoms with van der Waals surface area (Å²) in [6, 6.07) is 5.41. The molecule has 3 heterocycles. The van der Waals surface area contributed by atoms with Gasteiger partial charge >= 0.3 is 11.9 Å². The Labute approximate surface area is 436 Å². The van der Waals surface area contributed by atoms with Gasteiger partial charge in [-0.1, -0.05) is 55.0 Å². The largest absolute Gasteiger partial charge is 0.482 e. The number of aliphatic hydroxyl groups is 5. The number of Topliss-reactive ketones (excluding diaryl/α,β-unsaturated/α-hetero) is 2. The third kappa shape index (κ3) is 10.0. The van der Waals surface area contributed by atoms with Crippen LogP contribution in [0, 0.1) is 35.5 Å². The molecule has 13 atom stereocenters. The van der Waals surface area contributed by atoms with Gasteiger partial charge in [0.25, 0.3) is 0 Å². The number of fused-ring (bicyclic) bond motifs is 4. The first kappa shape index (κ1) is 56.4.